The minimum atomic E-state index is -3.59. The molecule has 0 aliphatic carbocycles. The molecule has 0 saturated carbocycles. The van der Waals surface area contributed by atoms with Gasteiger partial charge in [-0.2, -0.15) is 4.31 Å². The summed E-state index contributed by atoms with van der Waals surface area (Å²) in [5, 5.41) is 8.63. The van der Waals surface area contributed by atoms with Gasteiger partial charge in [-0.15, -0.1) is 0 Å². The van der Waals surface area contributed by atoms with Gasteiger partial charge in [0.15, 0.2) is 0 Å². The summed E-state index contributed by atoms with van der Waals surface area (Å²) in [4.78, 5) is 24.3. The highest BCUT2D eigenvalue weighted by Crippen LogP contribution is 2.22. The highest BCUT2D eigenvalue weighted by Gasteiger charge is 2.21. The maximum Gasteiger partial charge on any atom is 0.243 e. The molecular formula is C21H27ClN4O4S. The average Bonchev–Trinajstić information content (AvgIpc) is 2.75. The third-order valence-electron chi connectivity index (χ3n) is 4.62. The molecule has 0 bridgehead atoms. The molecule has 2 amide bonds. The molecule has 0 spiro atoms. The summed E-state index contributed by atoms with van der Waals surface area (Å²) in [5.41, 5.74) is 1.81. The zero-order valence-corrected chi connectivity index (χ0v) is 19.3. The minimum absolute atomic E-state index is 0.113. The lowest BCUT2D eigenvalue weighted by Gasteiger charge is -2.19. The molecule has 3 N–H and O–H groups in total. The van der Waals surface area contributed by atoms with Gasteiger partial charge in [0, 0.05) is 29.5 Å². The first-order chi connectivity index (χ1) is 14.7. The highest BCUT2D eigenvalue weighted by atomic mass is 35.5. The van der Waals surface area contributed by atoms with E-state index < -0.39 is 15.9 Å². The lowest BCUT2D eigenvalue weighted by Crippen LogP contribution is -2.36. The number of nitrogens with zero attached hydrogens (tertiary/aromatic N) is 1. The van der Waals surface area contributed by atoms with Crippen LogP contribution in [-0.4, -0.2) is 50.7 Å². The average molecular weight is 467 g/mol. The number of rotatable bonds is 10. The molecule has 0 aliphatic heterocycles. The highest BCUT2D eigenvalue weighted by molar-refractivity contribution is 7.89. The Morgan fingerprint density at radius 2 is 1.68 bits per heavy atom. The van der Waals surface area contributed by atoms with Gasteiger partial charge in [0.25, 0.3) is 0 Å². The molecule has 0 heterocycles. The molecule has 168 valence electrons. The maximum absolute atomic E-state index is 12.6. The van der Waals surface area contributed by atoms with E-state index in [9.17, 15) is 18.0 Å². The van der Waals surface area contributed by atoms with Crippen LogP contribution in [0.5, 0.6) is 0 Å². The Bertz CT molecular complexity index is 1040. The number of halogens is 1. The van der Waals surface area contributed by atoms with Crippen LogP contribution in [0.4, 0.5) is 11.4 Å². The number of anilines is 2. The van der Waals surface area contributed by atoms with Crippen LogP contribution in [0, 0.1) is 6.92 Å². The van der Waals surface area contributed by atoms with Gasteiger partial charge >= 0.3 is 0 Å². The quantitative estimate of drug-likeness (QED) is 0.499. The van der Waals surface area contributed by atoms with Crippen LogP contribution in [0.2, 0.25) is 5.02 Å². The monoisotopic (exact) mass is 466 g/mol. The van der Waals surface area contributed by atoms with Crippen molar-refractivity contribution in [2.75, 3.05) is 36.8 Å². The van der Waals surface area contributed by atoms with Gasteiger partial charge < -0.3 is 16.0 Å². The molecule has 0 unspecified atom stereocenters. The number of carbonyl (C=O) groups excluding carboxylic acids is 2. The van der Waals surface area contributed by atoms with Crippen LogP contribution in [0.25, 0.3) is 0 Å². The van der Waals surface area contributed by atoms with Crippen LogP contribution in [0.15, 0.2) is 47.4 Å². The predicted octanol–water partition coefficient (Wildman–Crippen LogP) is 2.85. The SMILES string of the molecule is CCN(CC)S(=O)(=O)c1cccc(NCC(=O)NCC(=O)Nc2cccc(Cl)c2C)c1. The first kappa shape index (κ1) is 24.6. The van der Waals surface area contributed by atoms with Gasteiger partial charge in [-0.05, 0) is 42.8 Å². The second kappa shape index (κ2) is 11.1. The first-order valence-corrected chi connectivity index (χ1v) is 11.7. The van der Waals surface area contributed by atoms with Gasteiger partial charge in [-0.25, -0.2) is 8.42 Å². The number of sulfonamides is 1. The Balaban J connectivity index is 1.89. The fourth-order valence-corrected chi connectivity index (χ4v) is 4.52. The van der Waals surface area contributed by atoms with Gasteiger partial charge in [-0.1, -0.05) is 37.6 Å². The van der Waals surface area contributed by atoms with Crippen LogP contribution in [0.3, 0.4) is 0 Å². The molecule has 0 radical (unpaired) electrons. The second-order valence-corrected chi connectivity index (χ2v) is 9.05. The molecule has 2 aromatic carbocycles. The third kappa shape index (κ3) is 6.68. The van der Waals surface area contributed by atoms with E-state index in [1.807, 2.05) is 0 Å². The van der Waals surface area contributed by atoms with E-state index in [4.69, 9.17) is 11.6 Å². The molecule has 2 rings (SSSR count). The topological polar surface area (TPSA) is 108 Å². The molecule has 8 nitrogen and oxygen atoms in total. The Kier molecular flexibility index (Phi) is 8.85. The van der Waals surface area contributed by atoms with E-state index in [1.165, 1.54) is 16.4 Å². The summed E-state index contributed by atoms with van der Waals surface area (Å²) in [7, 11) is -3.59. The van der Waals surface area contributed by atoms with Gasteiger partial charge in [0.1, 0.15) is 0 Å². The number of amides is 2. The van der Waals surface area contributed by atoms with Crippen LogP contribution in [0.1, 0.15) is 19.4 Å². The lowest BCUT2D eigenvalue weighted by atomic mass is 10.2. The third-order valence-corrected chi connectivity index (χ3v) is 7.07. The summed E-state index contributed by atoms with van der Waals surface area (Å²) in [6, 6.07) is 11.4. The van der Waals surface area contributed by atoms with Crippen LogP contribution in [-0.2, 0) is 19.6 Å². The van der Waals surface area contributed by atoms with Crippen LogP contribution >= 0.6 is 11.6 Å². The summed E-state index contributed by atoms with van der Waals surface area (Å²) in [6.07, 6.45) is 0. The standard InChI is InChI=1S/C21H27ClN4O4S/c1-4-26(5-2)31(29,30)17-9-6-8-16(12-17)23-13-20(27)24-14-21(28)25-19-11-7-10-18(22)15(19)3/h6-12,23H,4-5,13-14H2,1-3H3,(H,24,27)(H,25,28). The van der Waals surface area contributed by atoms with Crippen molar-refractivity contribution in [3.63, 3.8) is 0 Å². The molecule has 0 aliphatic rings. The number of nitrogens with one attached hydrogen (secondary N) is 3. The summed E-state index contributed by atoms with van der Waals surface area (Å²) in [5.74, 6) is -0.791. The molecule has 10 heteroatoms. The minimum Gasteiger partial charge on any atom is -0.376 e. The summed E-state index contributed by atoms with van der Waals surface area (Å²) in [6.45, 7) is 5.76. The Labute approximate surface area is 188 Å². The molecular weight excluding hydrogens is 440 g/mol. The molecule has 31 heavy (non-hydrogen) atoms. The van der Waals surface area contributed by atoms with E-state index in [-0.39, 0.29) is 23.9 Å². The van der Waals surface area contributed by atoms with E-state index in [0.29, 0.717) is 29.5 Å². The van der Waals surface area contributed by atoms with Crippen molar-refractivity contribution < 1.29 is 18.0 Å². The van der Waals surface area contributed by atoms with Gasteiger partial charge in [0.05, 0.1) is 18.0 Å². The molecule has 2 aromatic rings. The van der Waals surface area contributed by atoms with Crippen molar-refractivity contribution in [2.24, 2.45) is 0 Å². The zero-order chi connectivity index (χ0) is 23.0. The Hall–Kier alpha value is -2.62. The summed E-state index contributed by atoms with van der Waals surface area (Å²) >= 11 is 6.03. The smallest absolute Gasteiger partial charge is 0.243 e. The molecule has 0 aromatic heterocycles. The van der Waals surface area contributed by atoms with Crippen molar-refractivity contribution in [2.45, 2.75) is 25.7 Å². The van der Waals surface area contributed by atoms with Crippen molar-refractivity contribution in [3.05, 3.63) is 53.1 Å². The Morgan fingerprint density at radius 1 is 1.00 bits per heavy atom. The van der Waals surface area contributed by atoms with Gasteiger partial charge in [-0.3, -0.25) is 9.59 Å². The Morgan fingerprint density at radius 3 is 2.35 bits per heavy atom. The van der Waals surface area contributed by atoms with E-state index in [1.54, 1.807) is 51.1 Å². The predicted molar refractivity (Wildman–Crippen MR) is 123 cm³/mol. The van der Waals surface area contributed by atoms with Crippen molar-refractivity contribution >= 4 is 44.8 Å². The van der Waals surface area contributed by atoms with Crippen molar-refractivity contribution in [1.29, 1.82) is 0 Å². The van der Waals surface area contributed by atoms with Crippen molar-refractivity contribution in [3.8, 4) is 0 Å². The number of hydrogen-bond donors (Lipinski definition) is 3. The molecule has 0 fully saturated rings. The van der Waals surface area contributed by atoms with Crippen molar-refractivity contribution in [1.82, 2.24) is 9.62 Å². The normalized spacial score (nSPS) is 11.3. The number of benzene rings is 2. The van der Waals surface area contributed by atoms with E-state index in [0.717, 1.165) is 5.56 Å². The first-order valence-electron chi connectivity index (χ1n) is 9.84. The van der Waals surface area contributed by atoms with E-state index >= 15 is 0 Å². The number of hydrogen-bond acceptors (Lipinski definition) is 5. The lowest BCUT2D eigenvalue weighted by molar-refractivity contribution is -0.122. The zero-order valence-electron chi connectivity index (χ0n) is 17.7. The summed E-state index contributed by atoms with van der Waals surface area (Å²) < 4.78 is 26.6. The molecule has 0 atom stereocenters. The van der Waals surface area contributed by atoms with Crippen LogP contribution < -0.4 is 16.0 Å². The maximum atomic E-state index is 12.6. The molecule has 0 saturated heterocycles. The fourth-order valence-electron chi connectivity index (χ4n) is 2.84. The second-order valence-electron chi connectivity index (χ2n) is 6.71. The largest absolute Gasteiger partial charge is 0.376 e. The fraction of sp³-hybridized carbons (Fsp3) is 0.333. The van der Waals surface area contributed by atoms with E-state index in [2.05, 4.69) is 16.0 Å². The number of carbonyl (C=O) groups is 2. The van der Waals surface area contributed by atoms with Gasteiger partial charge in [0.2, 0.25) is 21.8 Å².